The molecule has 0 aliphatic carbocycles. The second kappa shape index (κ2) is 6.24. The van der Waals surface area contributed by atoms with Gasteiger partial charge in [-0.1, -0.05) is 44.0 Å². The molecular weight excluding hydrogens is 363 g/mol. The van der Waals surface area contributed by atoms with Crippen LogP contribution < -0.4 is 10.6 Å². The van der Waals surface area contributed by atoms with Crippen molar-refractivity contribution >= 4 is 40.6 Å². The Hall–Kier alpha value is -2.25. The van der Waals surface area contributed by atoms with E-state index >= 15 is 0 Å². The number of hydrogen-bond donors (Lipinski definition) is 3. The van der Waals surface area contributed by atoms with Crippen LogP contribution in [0.2, 0.25) is 10.0 Å². The zero-order valence-corrected chi connectivity index (χ0v) is 15.7. The number of amides is 2. The Bertz CT molecular complexity index is 954. The topological polar surface area (TPSA) is 87.1 Å². The van der Waals surface area contributed by atoms with Crippen molar-refractivity contribution in [1.29, 1.82) is 0 Å². The molecule has 132 valence electrons. The minimum atomic E-state index is -0.355. The zero-order chi connectivity index (χ0) is 18.4. The fourth-order valence-electron chi connectivity index (χ4n) is 2.36. The molecule has 2 aromatic heterocycles. The molecule has 0 atom stereocenters. The van der Waals surface area contributed by atoms with E-state index in [2.05, 4.69) is 25.8 Å². The zero-order valence-electron chi connectivity index (χ0n) is 14.2. The molecule has 0 aliphatic rings. The summed E-state index contributed by atoms with van der Waals surface area (Å²) in [6.45, 7) is 6.12. The first-order valence-electron chi connectivity index (χ1n) is 7.64. The number of benzene rings is 1. The van der Waals surface area contributed by atoms with Crippen LogP contribution in [-0.2, 0) is 5.41 Å². The van der Waals surface area contributed by atoms with Crippen LogP contribution in [0.1, 0.15) is 26.5 Å². The van der Waals surface area contributed by atoms with Gasteiger partial charge in [0.05, 0.1) is 16.4 Å². The third kappa shape index (κ3) is 3.29. The standard InChI is InChI=1S/C16H18Cl2N6O/c1-16(2,3)12-11(18)14-21-13(23-24(14)22-12)8-5-6-9(17)10(7-8)20-15(25)19-4/h5-7H,1-4H3,(H,21,23)(H2,19,20,25). The predicted molar refractivity (Wildman–Crippen MR) is 99.6 cm³/mol. The first-order chi connectivity index (χ1) is 11.7. The second-order valence-corrected chi connectivity index (χ2v) is 7.41. The van der Waals surface area contributed by atoms with E-state index in [0.29, 0.717) is 27.2 Å². The molecule has 0 aliphatic heterocycles. The van der Waals surface area contributed by atoms with E-state index in [1.165, 1.54) is 11.7 Å². The number of aromatic nitrogens is 4. The predicted octanol–water partition coefficient (Wildman–Crippen LogP) is 4.08. The van der Waals surface area contributed by atoms with Crippen molar-refractivity contribution in [3.63, 3.8) is 0 Å². The molecule has 0 radical (unpaired) electrons. The van der Waals surface area contributed by atoms with E-state index in [1.807, 2.05) is 20.8 Å². The lowest BCUT2D eigenvalue weighted by Crippen LogP contribution is -2.24. The van der Waals surface area contributed by atoms with Gasteiger partial charge in [-0.15, -0.1) is 9.73 Å². The number of nitrogens with zero attached hydrogens (tertiary/aromatic N) is 3. The number of carbonyl (C=O) groups excluding carboxylic acids is 1. The van der Waals surface area contributed by atoms with Crippen molar-refractivity contribution < 1.29 is 4.79 Å². The lowest BCUT2D eigenvalue weighted by Gasteiger charge is -2.14. The molecule has 0 fully saturated rings. The highest BCUT2D eigenvalue weighted by Crippen LogP contribution is 2.33. The van der Waals surface area contributed by atoms with E-state index in [0.717, 1.165) is 11.3 Å². The summed E-state index contributed by atoms with van der Waals surface area (Å²) in [5.41, 5.74) is 2.44. The Morgan fingerprint density at radius 1 is 1.24 bits per heavy atom. The van der Waals surface area contributed by atoms with Crippen molar-refractivity contribution in [2.45, 2.75) is 26.2 Å². The molecule has 1 aromatic carbocycles. The van der Waals surface area contributed by atoms with Gasteiger partial charge in [0, 0.05) is 18.0 Å². The SMILES string of the molecule is CNC(=O)Nc1cc(-c2nn3nc(C(C)(C)C)c(Cl)c3[nH]2)ccc1Cl. The van der Waals surface area contributed by atoms with E-state index in [4.69, 9.17) is 23.2 Å². The molecule has 3 N–H and O–H groups in total. The smallest absolute Gasteiger partial charge is 0.319 e. The number of H-pyrrole nitrogens is 1. The average Bonchev–Trinajstić information content (AvgIpc) is 3.09. The minimum Gasteiger partial charge on any atom is -0.341 e. The van der Waals surface area contributed by atoms with E-state index in [9.17, 15) is 4.79 Å². The second-order valence-electron chi connectivity index (χ2n) is 6.62. The summed E-state index contributed by atoms with van der Waals surface area (Å²) in [6, 6.07) is 4.87. The van der Waals surface area contributed by atoms with E-state index < -0.39 is 0 Å². The van der Waals surface area contributed by atoms with Crippen molar-refractivity contribution in [1.82, 2.24) is 25.1 Å². The Kier molecular flexibility index (Phi) is 4.38. The number of halogens is 2. The molecule has 25 heavy (non-hydrogen) atoms. The van der Waals surface area contributed by atoms with Crippen LogP contribution in [0, 0.1) is 0 Å². The molecule has 0 bridgehead atoms. The summed E-state index contributed by atoms with van der Waals surface area (Å²) >= 11 is 12.6. The summed E-state index contributed by atoms with van der Waals surface area (Å²) in [4.78, 5) is 14.7. The van der Waals surface area contributed by atoms with Gasteiger partial charge in [0.15, 0.2) is 11.5 Å². The highest BCUT2D eigenvalue weighted by Gasteiger charge is 2.25. The maximum absolute atomic E-state index is 11.5. The number of rotatable bonds is 2. The molecule has 9 heteroatoms. The van der Waals surface area contributed by atoms with Crippen LogP contribution in [0.4, 0.5) is 10.5 Å². The average molecular weight is 381 g/mol. The summed E-state index contributed by atoms with van der Waals surface area (Å²) < 4.78 is 1.48. The Morgan fingerprint density at radius 3 is 2.56 bits per heavy atom. The van der Waals surface area contributed by atoms with Gasteiger partial charge >= 0.3 is 6.03 Å². The van der Waals surface area contributed by atoms with Crippen LogP contribution in [-0.4, -0.2) is 32.9 Å². The molecule has 0 saturated heterocycles. The molecule has 2 heterocycles. The van der Waals surface area contributed by atoms with Gasteiger partial charge in [-0.05, 0) is 18.2 Å². The lowest BCUT2D eigenvalue weighted by molar-refractivity contribution is 0.254. The van der Waals surface area contributed by atoms with Gasteiger partial charge in [0.1, 0.15) is 5.02 Å². The van der Waals surface area contributed by atoms with Crippen LogP contribution in [0.25, 0.3) is 17.0 Å². The van der Waals surface area contributed by atoms with Crippen LogP contribution in [0.3, 0.4) is 0 Å². The highest BCUT2D eigenvalue weighted by molar-refractivity contribution is 6.34. The molecule has 0 saturated carbocycles. The molecule has 0 unspecified atom stereocenters. The number of anilines is 1. The maximum Gasteiger partial charge on any atom is 0.319 e. The molecule has 3 aromatic rings. The summed E-state index contributed by atoms with van der Waals surface area (Å²) in [7, 11) is 1.53. The van der Waals surface area contributed by atoms with Crippen LogP contribution in [0.15, 0.2) is 18.2 Å². The molecular formula is C16H18Cl2N6O. The molecule has 2 amide bonds. The Labute approximate surface area is 154 Å². The first kappa shape index (κ1) is 17.6. The number of hydrogen-bond acceptors (Lipinski definition) is 3. The van der Waals surface area contributed by atoms with Gasteiger partial charge in [-0.2, -0.15) is 5.10 Å². The Morgan fingerprint density at radius 2 is 1.96 bits per heavy atom. The molecule has 3 rings (SSSR count). The van der Waals surface area contributed by atoms with Crippen LogP contribution in [0.5, 0.6) is 0 Å². The first-order valence-corrected chi connectivity index (χ1v) is 8.40. The monoisotopic (exact) mass is 380 g/mol. The number of aromatic amines is 1. The molecule has 0 spiro atoms. The number of nitrogens with one attached hydrogen (secondary N) is 3. The van der Waals surface area contributed by atoms with Gasteiger partial charge < -0.3 is 15.6 Å². The third-order valence-corrected chi connectivity index (χ3v) is 4.36. The lowest BCUT2D eigenvalue weighted by atomic mass is 9.92. The van der Waals surface area contributed by atoms with Crippen molar-refractivity contribution in [3.8, 4) is 11.4 Å². The largest absolute Gasteiger partial charge is 0.341 e. The van der Waals surface area contributed by atoms with Crippen LogP contribution >= 0.6 is 23.2 Å². The van der Waals surface area contributed by atoms with Gasteiger partial charge in [-0.3, -0.25) is 0 Å². The third-order valence-electron chi connectivity index (χ3n) is 3.67. The van der Waals surface area contributed by atoms with Gasteiger partial charge in [0.2, 0.25) is 0 Å². The minimum absolute atomic E-state index is 0.184. The van der Waals surface area contributed by atoms with E-state index in [-0.39, 0.29) is 11.4 Å². The van der Waals surface area contributed by atoms with Crippen molar-refractivity contribution in [2.75, 3.05) is 12.4 Å². The normalized spacial score (nSPS) is 11.8. The Balaban J connectivity index is 2.02. The maximum atomic E-state index is 11.5. The number of carbonyl (C=O) groups is 1. The highest BCUT2D eigenvalue weighted by atomic mass is 35.5. The summed E-state index contributed by atoms with van der Waals surface area (Å²) in [5, 5.41) is 15.0. The number of fused-ring (bicyclic) bond motifs is 1. The fourth-order valence-corrected chi connectivity index (χ4v) is 2.97. The van der Waals surface area contributed by atoms with Gasteiger partial charge in [0.25, 0.3) is 0 Å². The fraction of sp³-hybridized carbons (Fsp3) is 0.312. The quantitative estimate of drug-likeness (QED) is 0.625. The van der Waals surface area contributed by atoms with Gasteiger partial charge in [-0.25, -0.2) is 4.79 Å². The summed E-state index contributed by atoms with van der Waals surface area (Å²) in [6.07, 6.45) is 0. The number of urea groups is 1. The van der Waals surface area contributed by atoms with E-state index in [1.54, 1.807) is 18.2 Å². The summed E-state index contributed by atoms with van der Waals surface area (Å²) in [5.74, 6) is 0.571. The van der Waals surface area contributed by atoms with Crippen molar-refractivity contribution in [3.05, 3.63) is 33.9 Å². The van der Waals surface area contributed by atoms with Crippen molar-refractivity contribution in [2.24, 2.45) is 0 Å². The molecule has 7 nitrogen and oxygen atoms in total.